The van der Waals surface area contributed by atoms with Gasteiger partial charge in [-0.3, -0.25) is 16.0 Å². The molecular weight excluding hydrogens is 304 g/mol. The lowest BCUT2D eigenvalue weighted by molar-refractivity contribution is 0.506. The van der Waals surface area contributed by atoms with E-state index < -0.39 is 0 Å². The van der Waals surface area contributed by atoms with Crippen LogP contribution in [0.5, 0.6) is 0 Å². The summed E-state index contributed by atoms with van der Waals surface area (Å²) in [5.74, 6) is 5.69. The smallest absolute Gasteiger partial charge is 0.0492 e. The summed E-state index contributed by atoms with van der Waals surface area (Å²) in [5.41, 5.74) is 6.55. The maximum Gasteiger partial charge on any atom is 0.0492 e. The number of aromatic nitrogens is 2. The van der Waals surface area contributed by atoms with Gasteiger partial charge in [-0.2, -0.15) is 5.10 Å². The van der Waals surface area contributed by atoms with Gasteiger partial charge in [-0.1, -0.05) is 28.1 Å². The second-order valence-corrected chi connectivity index (χ2v) is 5.57. The van der Waals surface area contributed by atoms with Crippen LogP contribution in [0.3, 0.4) is 0 Å². The summed E-state index contributed by atoms with van der Waals surface area (Å²) in [6, 6.07) is 8.53. The lowest BCUT2D eigenvalue weighted by Crippen LogP contribution is -2.28. The van der Waals surface area contributed by atoms with Crippen LogP contribution in [0.25, 0.3) is 0 Å². The fourth-order valence-electron chi connectivity index (χ4n) is 2.17. The molecule has 2 aromatic rings. The molecule has 0 aliphatic heterocycles. The van der Waals surface area contributed by atoms with Crippen molar-refractivity contribution in [3.8, 4) is 0 Å². The molecule has 5 heteroatoms. The van der Waals surface area contributed by atoms with E-state index in [-0.39, 0.29) is 6.04 Å². The van der Waals surface area contributed by atoms with Crippen molar-refractivity contribution in [2.45, 2.75) is 25.8 Å². The fraction of sp³-hybridized carbons (Fsp3) is 0.357. The van der Waals surface area contributed by atoms with E-state index in [0.29, 0.717) is 0 Å². The number of nitrogens with two attached hydrogens (primary N) is 1. The molecule has 1 heterocycles. The summed E-state index contributed by atoms with van der Waals surface area (Å²) >= 11 is 3.52. The quantitative estimate of drug-likeness (QED) is 0.657. The van der Waals surface area contributed by atoms with E-state index in [1.165, 1.54) is 16.8 Å². The minimum atomic E-state index is 0.154. The van der Waals surface area contributed by atoms with Crippen LogP contribution in [0.1, 0.15) is 29.3 Å². The molecule has 1 aromatic carbocycles. The Kier molecular flexibility index (Phi) is 4.74. The van der Waals surface area contributed by atoms with Gasteiger partial charge in [-0.15, -0.1) is 0 Å². The van der Waals surface area contributed by atoms with Crippen molar-refractivity contribution < 1.29 is 0 Å². The number of hydrazine groups is 1. The third-order valence-electron chi connectivity index (χ3n) is 3.40. The van der Waals surface area contributed by atoms with Crippen molar-refractivity contribution >= 4 is 15.9 Å². The maximum atomic E-state index is 5.69. The van der Waals surface area contributed by atoms with Crippen molar-refractivity contribution in [3.63, 3.8) is 0 Å². The first kappa shape index (κ1) is 14.2. The molecule has 1 unspecified atom stereocenters. The van der Waals surface area contributed by atoms with Gasteiger partial charge >= 0.3 is 0 Å². The van der Waals surface area contributed by atoms with Gasteiger partial charge < -0.3 is 0 Å². The number of halogens is 1. The molecule has 1 aromatic heterocycles. The molecule has 2 rings (SSSR count). The van der Waals surface area contributed by atoms with Crippen molar-refractivity contribution in [1.82, 2.24) is 15.2 Å². The van der Waals surface area contributed by atoms with Gasteiger partial charge in [0.1, 0.15) is 0 Å². The highest BCUT2D eigenvalue weighted by Gasteiger charge is 2.11. The van der Waals surface area contributed by atoms with Crippen molar-refractivity contribution in [1.29, 1.82) is 0 Å². The van der Waals surface area contributed by atoms with Crippen molar-refractivity contribution in [2.24, 2.45) is 12.9 Å². The standard InChI is InChI=1S/C14H19BrN4/c1-10-9-11(3-5-13(10)15)14(18-16)6-4-12-7-8-17-19(12)2/h3,5,7-9,14,18H,4,6,16H2,1-2H3. The Labute approximate surface area is 122 Å². The van der Waals surface area contributed by atoms with Crippen LogP contribution in [0.4, 0.5) is 0 Å². The second-order valence-electron chi connectivity index (χ2n) is 4.71. The molecule has 19 heavy (non-hydrogen) atoms. The molecule has 3 N–H and O–H groups in total. The molecule has 0 amide bonds. The van der Waals surface area contributed by atoms with E-state index in [9.17, 15) is 0 Å². The highest BCUT2D eigenvalue weighted by Crippen LogP contribution is 2.23. The van der Waals surface area contributed by atoms with Crippen molar-refractivity contribution in [2.75, 3.05) is 0 Å². The molecule has 4 nitrogen and oxygen atoms in total. The van der Waals surface area contributed by atoms with Crippen LogP contribution in [0, 0.1) is 6.92 Å². The highest BCUT2D eigenvalue weighted by molar-refractivity contribution is 9.10. The number of nitrogens with one attached hydrogen (secondary N) is 1. The second kappa shape index (κ2) is 6.32. The molecule has 1 atom stereocenters. The van der Waals surface area contributed by atoms with Crippen LogP contribution in [0.2, 0.25) is 0 Å². The van der Waals surface area contributed by atoms with E-state index in [4.69, 9.17) is 5.84 Å². The van der Waals surface area contributed by atoms with E-state index in [1.807, 2.05) is 24.0 Å². The molecule has 0 saturated heterocycles. The summed E-state index contributed by atoms with van der Waals surface area (Å²) in [7, 11) is 1.96. The van der Waals surface area contributed by atoms with Gasteiger partial charge in [0.2, 0.25) is 0 Å². The Morgan fingerprint density at radius 2 is 2.21 bits per heavy atom. The lowest BCUT2D eigenvalue weighted by atomic mass is 10.00. The zero-order valence-corrected chi connectivity index (χ0v) is 12.8. The molecule has 0 spiro atoms. The first-order valence-corrected chi connectivity index (χ1v) is 7.10. The average molecular weight is 323 g/mol. The Balaban J connectivity index is 2.07. The predicted molar refractivity (Wildman–Crippen MR) is 80.5 cm³/mol. The van der Waals surface area contributed by atoms with E-state index in [2.05, 4.69) is 51.6 Å². The van der Waals surface area contributed by atoms with Gasteiger partial charge in [-0.05, 0) is 43.0 Å². The van der Waals surface area contributed by atoms with Crippen LogP contribution >= 0.6 is 15.9 Å². The molecule has 102 valence electrons. The Hall–Kier alpha value is -1.17. The van der Waals surface area contributed by atoms with E-state index in [1.54, 1.807) is 0 Å². The first-order chi connectivity index (χ1) is 9.11. The molecule has 0 aliphatic carbocycles. The summed E-state index contributed by atoms with van der Waals surface area (Å²) in [5, 5.41) is 4.18. The SMILES string of the molecule is Cc1cc(C(CCc2ccnn2C)NN)ccc1Br. The number of aryl methyl sites for hydroxylation is 3. The van der Waals surface area contributed by atoms with E-state index in [0.717, 1.165) is 17.3 Å². The summed E-state index contributed by atoms with van der Waals surface area (Å²) in [6.45, 7) is 2.09. The molecule has 0 radical (unpaired) electrons. The number of benzene rings is 1. The molecule has 0 aliphatic rings. The number of rotatable bonds is 5. The third kappa shape index (κ3) is 3.43. The highest BCUT2D eigenvalue weighted by atomic mass is 79.9. The van der Waals surface area contributed by atoms with Crippen LogP contribution < -0.4 is 11.3 Å². The van der Waals surface area contributed by atoms with Crippen LogP contribution in [-0.2, 0) is 13.5 Å². The molecular formula is C14H19BrN4. The topological polar surface area (TPSA) is 55.9 Å². The maximum absolute atomic E-state index is 5.69. The van der Waals surface area contributed by atoms with Gasteiger partial charge in [0.25, 0.3) is 0 Å². The van der Waals surface area contributed by atoms with Crippen LogP contribution in [0.15, 0.2) is 34.9 Å². The fourth-order valence-corrected chi connectivity index (χ4v) is 2.42. The summed E-state index contributed by atoms with van der Waals surface area (Å²) < 4.78 is 3.03. The van der Waals surface area contributed by atoms with Gasteiger partial charge in [0.05, 0.1) is 0 Å². The van der Waals surface area contributed by atoms with E-state index >= 15 is 0 Å². The third-order valence-corrected chi connectivity index (χ3v) is 4.29. The summed E-state index contributed by atoms with van der Waals surface area (Å²) in [4.78, 5) is 0. The predicted octanol–water partition coefficient (Wildman–Crippen LogP) is 2.63. The minimum Gasteiger partial charge on any atom is -0.273 e. The minimum absolute atomic E-state index is 0.154. The lowest BCUT2D eigenvalue weighted by Gasteiger charge is -2.17. The molecule has 0 bridgehead atoms. The number of hydrogen-bond acceptors (Lipinski definition) is 3. The Morgan fingerprint density at radius 1 is 1.42 bits per heavy atom. The monoisotopic (exact) mass is 322 g/mol. The van der Waals surface area contributed by atoms with Crippen molar-refractivity contribution in [3.05, 3.63) is 51.8 Å². The normalized spacial score (nSPS) is 12.6. The number of nitrogens with zero attached hydrogens (tertiary/aromatic N) is 2. The summed E-state index contributed by atoms with van der Waals surface area (Å²) in [6.07, 6.45) is 3.71. The van der Waals surface area contributed by atoms with Gasteiger partial charge in [0.15, 0.2) is 0 Å². The average Bonchev–Trinajstić information content (AvgIpc) is 2.80. The van der Waals surface area contributed by atoms with Crippen LogP contribution in [-0.4, -0.2) is 9.78 Å². The Morgan fingerprint density at radius 3 is 2.79 bits per heavy atom. The molecule has 0 fully saturated rings. The largest absolute Gasteiger partial charge is 0.273 e. The number of hydrogen-bond donors (Lipinski definition) is 2. The Bertz CT molecular complexity index is 550. The zero-order chi connectivity index (χ0) is 13.8. The molecule has 0 saturated carbocycles. The zero-order valence-electron chi connectivity index (χ0n) is 11.2. The van der Waals surface area contributed by atoms with Gasteiger partial charge in [-0.25, -0.2) is 0 Å². The first-order valence-electron chi connectivity index (χ1n) is 6.31. The van der Waals surface area contributed by atoms with Gasteiger partial charge in [0, 0.05) is 29.5 Å².